The van der Waals surface area contributed by atoms with Gasteiger partial charge in [0.2, 0.25) is 10.0 Å². The highest BCUT2D eigenvalue weighted by Gasteiger charge is 2.30. The topological polar surface area (TPSA) is 79.4 Å². The molecule has 3 aliphatic rings. The molecule has 166 valence electrons. The number of rotatable bonds is 5. The van der Waals surface area contributed by atoms with Gasteiger partial charge < -0.3 is 14.4 Å². The van der Waals surface area contributed by atoms with Gasteiger partial charge in [0.15, 0.2) is 0 Å². The van der Waals surface area contributed by atoms with E-state index in [-0.39, 0.29) is 29.7 Å². The molecule has 0 radical (unpaired) electrons. The predicted molar refractivity (Wildman–Crippen MR) is 107 cm³/mol. The van der Waals surface area contributed by atoms with Crippen LogP contribution < -0.4 is 0 Å². The van der Waals surface area contributed by atoms with Crippen LogP contribution in [0.4, 0.5) is 4.39 Å². The number of ether oxygens (including phenoxy) is 2. The minimum absolute atomic E-state index is 0.0637. The third kappa shape index (κ3) is 4.67. The number of piperazine rings is 1. The lowest BCUT2D eigenvalue weighted by Gasteiger charge is -2.35. The molecule has 0 N–H and O–H groups in total. The highest BCUT2D eigenvalue weighted by Crippen LogP contribution is 2.22. The predicted octanol–water partition coefficient (Wildman–Crippen LogP) is 0.783. The fraction of sp³-hybridized carbons (Fsp3) is 0.650. The third-order valence-electron chi connectivity index (χ3n) is 5.92. The van der Waals surface area contributed by atoms with Gasteiger partial charge in [-0.05, 0) is 31.0 Å². The Morgan fingerprint density at radius 3 is 2.47 bits per heavy atom. The SMILES string of the molecule is O=C(c1cc(S(=O)(=O)N2CCOCC2)ccc1F)N1CCN(C[C@H]2CCCO2)CC1. The molecule has 1 atom stereocenters. The molecule has 0 spiro atoms. The van der Waals surface area contributed by atoms with Crippen molar-refractivity contribution in [2.75, 3.05) is 65.6 Å². The Morgan fingerprint density at radius 1 is 1.07 bits per heavy atom. The van der Waals surface area contributed by atoms with E-state index in [1.54, 1.807) is 4.90 Å². The van der Waals surface area contributed by atoms with Crippen molar-refractivity contribution in [3.05, 3.63) is 29.6 Å². The molecule has 1 aromatic carbocycles. The molecule has 4 rings (SSSR count). The van der Waals surface area contributed by atoms with Crippen LogP contribution in [0.15, 0.2) is 23.1 Å². The van der Waals surface area contributed by atoms with E-state index in [0.717, 1.165) is 32.1 Å². The van der Waals surface area contributed by atoms with Gasteiger partial charge in [-0.2, -0.15) is 4.31 Å². The molecule has 3 saturated heterocycles. The smallest absolute Gasteiger partial charge is 0.256 e. The maximum absolute atomic E-state index is 14.4. The number of morpholine rings is 1. The lowest BCUT2D eigenvalue weighted by Crippen LogP contribution is -2.50. The summed E-state index contributed by atoms with van der Waals surface area (Å²) in [6, 6.07) is 3.45. The Bertz CT molecular complexity index is 861. The molecule has 0 bridgehead atoms. The molecule has 3 heterocycles. The van der Waals surface area contributed by atoms with E-state index in [1.807, 2.05) is 0 Å². The zero-order chi connectivity index (χ0) is 21.1. The van der Waals surface area contributed by atoms with Crippen LogP contribution in [0, 0.1) is 5.82 Å². The number of sulfonamides is 1. The van der Waals surface area contributed by atoms with Crippen molar-refractivity contribution in [3.63, 3.8) is 0 Å². The molecule has 0 aromatic heterocycles. The third-order valence-corrected chi connectivity index (χ3v) is 7.82. The summed E-state index contributed by atoms with van der Waals surface area (Å²) in [5.74, 6) is -1.17. The second kappa shape index (κ2) is 9.27. The zero-order valence-electron chi connectivity index (χ0n) is 17.0. The van der Waals surface area contributed by atoms with Crippen molar-refractivity contribution in [1.82, 2.24) is 14.1 Å². The molecular weight excluding hydrogens is 413 g/mol. The van der Waals surface area contributed by atoms with Gasteiger partial charge in [-0.15, -0.1) is 0 Å². The van der Waals surface area contributed by atoms with E-state index in [9.17, 15) is 17.6 Å². The van der Waals surface area contributed by atoms with Gasteiger partial charge in [-0.25, -0.2) is 12.8 Å². The first-order valence-corrected chi connectivity index (χ1v) is 11.9. The molecule has 0 saturated carbocycles. The molecule has 1 aromatic rings. The Morgan fingerprint density at radius 2 is 1.80 bits per heavy atom. The summed E-state index contributed by atoms with van der Waals surface area (Å²) in [5, 5.41) is 0. The first-order chi connectivity index (χ1) is 14.4. The van der Waals surface area contributed by atoms with Crippen LogP contribution in [-0.4, -0.2) is 100 Å². The summed E-state index contributed by atoms with van der Waals surface area (Å²) in [7, 11) is -3.79. The molecule has 0 unspecified atom stereocenters. The summed E-state index contributed by atoms with van der Waals surface area (Å²) in [4.78, 5) is 16.7. The largest absolute Gasteiger partial charge is 0.379 e. The van der Waals surface area contributed by atoms with Crippen LogP contribution in [-0.2, 0) is 19.5 Å². The summed E-state index contributed by atoms with van der Waals surface area (Å²) >= 11 is 0. The van der Waals surface area contributed by atoms with Gasteiger partial charge in [0.1, 0.15) is 5.82 Å². The molecule has 0 aliphatic carbocycles. The van der Waals surface area contributed by atoms with Crippen LogP contribution in [0.5, 0.6) is 0 Å². The highest BCUT2D eigenvalue weighted by atomic mass is 32.2. The van der Waals surface area contributed by atoms with Gasteiger partial charge in [0.25, 0.3) is 5.91 Å². The standard InChI is InChI=1S/C20H28FN3O5S/c21-19-4-3-17(30(26,27)24-9-12-28-13-10-24)14-18(19)20(25)23-7-5-22(6-8-23)15-16-2-1-11-29-16/h3-4,14,16H,1-2,5-13,15H2/t16-/m1/s1. The number of benzene rings is 1. The Kier molecular flexibility index (Phi) is 6.69. The van der Waals surface area contributed by atoms with Crippen LogP contribution in [0.1, 0.15) is 23.2 Å². The molecule has 8 nitrogen and oxygen atoms in total. The van der Waals surface area contributed by atoms with Gasteiger partial charge >= 0.3 is 0 Å². The van der Waals surface area contributed by atoms with Gasteiger partial charge in [0, 0.05) is 52.4 Å². The fourth-order valence-electron chi connectivity index (χ4n) is 4.14. The average molecular weight is 442 g/mol. The van der Waals surface area contributed by atoms with Crippen molar-refractivity contribution in [2.24, 2.45) is 0 Å². The monoisotopic (exact) mass is 441 g/mol. The summed E-state index contributed by atoms with van der Waals surface area (Å²) in [6.07, 6.45) is 2.41. The number of nitrogens with zero attached hydrogens (tertiary/aromatic N) is 3. The van der Waals surface area contributed by atoms with Crippen molar-refractivity contribution in [2.45, 2.75) is 23.8 Å². The number of amides is 1. The lowest BCUT2D eigenvalue weighted by atomic mass is 10.1. The molecule has 3 fully saturated rings. The van der Waals surface area contributed by atoms with Gasteiger partial charge in [0.05, 0.1) is 29.8 Å². The molecule has 3 aliphatic heterocycles. The Balaban J connectivity index is 1.43. The number of halogens is 1. The van der Waals surface area contributed by atoms with E-state index in [0.29, 0.717) is 39.4 Å². The highest BCUT2D eigenvalue weighted by molar-refractivity contribution is 7.89. The lowest BCUT2D eigenvalue weighted by molar-refractivity contribution is 0.0430. The van der Waals surface area contributed by atoms with Gasteiger partial charge in [-0.3, -0.25) is 9.69 Å². The van der Waals surface area contributed by atoms with Crippen molar-refractivity contribution < 1.29 is 27.1 Å². The van der Waals surface area contributed by atoms with Crippen LogP contribution in [0.2, 0.25) is 0 Å². The molecule has 10 heteroatoms. The Labute approximate surface area is 176 Å². The molecular formula is C20H28FN3O5S. The van der Waals surface area contributed by atoms with E-state index in [1.165, 1.54) is 16.4 Å². The van der Waals surface area contributed by atoms with E-state index in [2.05, 4.69) is 4.90 Å². The first kappa shape index (κ1) is 21.6. The van der Waals surface area contributed by atoms with E-state index >= 15 is 0 Å². The maximum atomic E-state index is 14.4. The fourth-order valence-corrected chi connectivity index (χ4v) is 5.58. The normalized spacial score (nSPS) is 24.3. The van der Waals surface area contributed by atoms with Crippen molar-refractivity contribution >= 4 is 15.9 Å². The second-order valence-electron chi connectivity index (χ2n) is 7.89. The van der Waals surface area contributed by atoms with Crippen LogP contribution in [0.3, 0.4) is 0 Å². The summed E-state index contributed by atoms with van der Waals surface area (Å²) in [5.41, 5.74) is -0.197. The van der Waals surface area contributed by atoms with Crippen molar-refractivity contribution in [3.8, 4) is 0 Å². The van der Waals surface area contributed by atoms with E-state index < -0.39 is 21.7 Å². The van der Waals surface area contributed by atoms with Crippen LogP contribution >= 0.6 is 0 Å². The first-order valence-electron chi connectivity index (χ1n) is 10.5. The number of hydrogen-bond acceptors (Lipinski definition) is 6. The number of hydrogen-bond donors (Lipinski definition) is 0. The Hall–Kier alpha value is -1.59. The van der Waals surface area contributed by atoms with E-state index in [4.69, 9.17) is 9.47 Å². The quantitative estimate of drug-likeness (QED) is 0.672. The maximum Gasteiger partial charge on any atom is 0.256 e. The summed E-state index contributed by atoms with van der Waals surface area (Å²) in [6.45, 7) is 5.14. The summed E-state index contributed by atoms with van der Waals surface area (Å²) < 4.78 is 52.4. The van der Waals surface area contributed by atoms with Crippen LogP contribution in [0.25, 0.3) is 0 Å². The molecule has 30 heavy (non-hydrogen) atoms. The number of carbonyl (C=O) groups is 1. The van der Waals surface area contributed by atoms with Crippen molar-refractivity contribution in [1.29, 1.82) is 0 Å². The van der Waals surface area contributed by atoms with Gasteiger partial charge in [-0.1, -0.05) is 0 Å². The minimum atomic E-state index is -3.79. The number of carbonyl (C=O) groups excluding carboxylic acids is 1. The second-order valence-corrected chi connectivity index (χ2v) is 9.82. The average Bonchev–Trinajstić information content (AvgIpc) is 3.28. The minimum Gasteiger partial charge on any atom is -0.379 e. The zero-order valence-corrected chi connectivity index (χ0v) is 17.8. The molecule has 1 amide bonds.